The monoisotopic (exact) mass is 613 g/mol. The van der Waals surface area contributed by atoms with E-state index in [1.165, 1.54) is 0 Å². The van der Waals surface area contributed by atoms with Gasteiger partial charge < -0.3 is 9.73 Å². The molecule has 1 aliphatic heterocycles. The van der Waals surface area contributed by atoms with Crippen molar-refractivity contribution in [2.24, 2.45) is 0 Å². The predicted molar refractivity (Wildman–Crippen MR) is 153 cm³/mol. The fourth-order valence-electron chi connectivity index (χ4n) is 5.84. The molecule has 0 bridgehead atoms. The molecule has 4 heterocycles. The van der Waals surface area contributed by atoms with Gasteiger partial charge in [-0.1, -0.05) is 30.3 Å². The van der Waals surface area contributed by atoms with Gasteiger partial charge in [-0.2, -0.15) is 26.3 Å². The van der Waals surface area contributed by atoms with Gasteiger partial charge in [0.2, 0.25) is 5.95 Å². The van der Waals surface area contributed by atoms with Crippen LogP contribution in [0.25, 0.3) is 11.2 Å². The Hall–Kier alpha value is -4.32. The highest BCUT2D eigenvalue weighted by molar-refractivity contribution is 5.74. The molecule has 1 aliphatic rings. The Balaban J connectivity index is 1.27. The molecule has 0 unspecified atom stereocenters. The lowest BCUT2D eigenvalue weighted by Gasteiger charge is -2.40. The summed E-state index contributed by atoms with van der Waals surface area (Å²) in [6.45, 7) is 0.827. The number of pyridine rings is 1. The van der Waals surface area contributed by atoms with Gasteiger partial charge in [-0.3, -0.25) is 9.47 Å². The number of aromatic nitrogens is 3. The molecule has 6 rings (SSSR count). The van der Waals surface area contributed by atoms with E-state index in [9.17, 15) is 26.3 Å². The number of piperidine rings is 1. The van der Waals surface area contributed by atoms with Crippen LogP contribution in [0.4, 0.5) is 32.3 Å². The van der Waals surface area contributed by atoms with E-state index in [1.54, 1.807) is 18.5 Å². The zero-order valence-electron chi connectivity index (χ0n) is 23.4. The van der Waals surface area contributed by atoms with Crippen molar-refractivity contribution >= 4 is 17.1 Å². The number of nitrogens with zero attached hydrogens (tertiary/aromatic N) is 4. The molecule has 0 spiro atoms. The zero-order chi connectivity index (χ0) is 30.9. The standard InChI is InChI=1S/C32H29F6N5O/c33-31(34,35)23-14-22(15-24(17-23)32(36,37)38)19-42-12-10-25(18-26(42)16-21-6-2-1-3-7-21)40-30-41-28-9-4-11-39-29(28)43(30)20-27-8-5-13-44-27/h1-9,11,13-15,17,25-26H,10,12,16,18-20H2,(H,40,41)/t25-,26+/m1/s1. The van der Waals surface area contributed by atoms with Crippen LogP contribution in [0.2, 0.25) is 0 Å². The SMILES string of the molecule is FC(F)(F)c1cc(CN2CC[C@@H](Nc3nc4cccnc4n3Cc3ccco3)C[C@@H]2Cc2ccccc2)cc(C(F)(F)F)c1. The average molecular weight is 614 g/mol. The Morgan fingerprint density at radius 3 is 2.27 bits per heavy atom. The maximum absolute atomic E-state index is 13.6. The molecule has 230 valence electrons. The molecule has 44 heavy (non-hydrogen) atoms. The number of hydrogen-bond acceptors (Lipinski definition) is 5. The number of likely N-dealkylation sites (tertiary alicyclic amines) is 1. The minimum Gasteiger partial charge on any atom is -0.467 e. The van der Waals surface area contributed by atoms with Gasteiger partial charge in [0, 0.05) is 31.4 Å². The van der Waals surface area contributed by atoms with Gasteiger partial charge in [-0.15, -0.1) is 0 Å². The molecule has 5 aromatic rings. The molecule has 6 nitrogen and oxygen atoms in total. The topological polar surface area (TPSA) is 59.1 Å². The van der Waals surface area contributed by atoms with Crippen LogP contribution in [0.1, 0.15) is 40.9 Å². The lowest BCUT2D eigenvalue weighted by atomic mass is 9.91. The summed E-state index contributed by atoms with van der Waals surface area (Å²) in [7, 11) is 0. The number of nitrogens with one attached hydrogen (secondary N) is 1. The second-order valence-corrected chi connectivity index (χ2v) is 11.0. The number of alkyl halides is 6. The summed E-state index contributed by atoms with van der Waals surface area (Å²) in [6.07, 6.45) is -4.72. The van der Waals surface area contributed by atoms with Crippen molar-refractivity contribution in [3.05, 3.63) is 113 Å². The molecule has 1 N–H and O–H groups in total. The largest absolute Gasteiger partial charge is 0.467 e. The van der Waals surface area contributed by atoms with E-state index < -0.39 is 23.5 Å². The third-order valence-electron chi connectivity index (χ3n) is 7.92. The van der Waals surface area contributed by atoms with Crippen molar-refractivity contribution in [2.45, 2.75) is 56.8 Å². The molecule has 3 aromatic heterocycles. The van der Waals surface area contributed by atoms with Gasteiger partial charge in [0.25, 0.3) is 0 Å². The quantitative estimate of drug-likeness (QED) is 0.181. The van der Waals surface area contributed by atoms with Crippen LogP contribution in [-0.4, -0.2) is 38.1 Å². The van der Waals surface area contributed by atoms with E-state index in [1.807, 2.05) is 58.0 Å². The van der Waals surface area contributed by atoms with Crippen molar-refractivity contribution < 1.29 is 30.8 Å². The van der Waals surface area contributed by atoms with Gasteiger partial charge in [-0.25, -0.2) is 9.97 Å². The maximum atomic E-state index is 13.6. The predicted octanol–water partition coefficient (Wildman–Crippen LogP) is 7.80. The van der Waals surface area contributed by atoms with Crippen LogP contribution in [0.3, 0.4) is 0 Å². The van der Waals surface area contributed by atoms with Crippen molar-refractivity contribution in [3.63, 3.8) is 0 Å². The van der Waals surface area contributed by atoms with Gasteiger partial charge >= 0.3 is 12.4 Å². The van der Waals surface area contributed by atoms with E-state index in [4.69, 9.17) is 9.40 Å². The third kappa shape index (κ3) is 6.75. The Kier molecular flexibility index (Phi) is 8.10. The average Bonchev–Trinajstić information content (AvgIpc) is 3.62. The molecule has 2 atom stereocenters. The molecular formula is C32H29F6N5O. The first-order chi connectivity index (χ1) is 21.0. The minimum atomic E-state index is -4.90. The smallest absolute Gasteiger partial charge is 0.416 e. The number of rotatable bonds is 8. The van der Waals surface area contributed by atoms with Crippen molar-refractivity contribution in [1.82, 2.24) is 19.4 Å². The molecule has 2 aromatic carbocycles. The molecule has 0 saturated carbocycles. The van der Waals surface area contributed by atoms with Crippen LogP contribution in [0, 0.1) is 0 Å². The second kappa shape index (κ2) is 12.0. The third-order valence-corrected chi connectivity index (χ3v) is 7.92. The highest BCUT2D eigenvalue weighted by Crippen LogP contribution is 2.37. The van der Waals surface area contributed by atoms with Crippen molar-refractivity contribution in [1.29, 1.82) is 0 Å². The van der Waals surface area contributed by atoms with E-state index in [0.29, 0.717) is 49.5 Å². The summed E-state index contributed by atoms with van der Waals surface area (Å²) >= 11 is 0. The number of anilines is 1. The summed E-state index contributed by atoms with van der Waals surface area (Å²) in [5, 5.41) is 3.56. The van der Waals surface area contributed by atoms with Crippen LogP contribution >= 0.6 is 0 Å². The Morgan fingerprint density at radius 1 is 0.841 bits per heavy atom. The Labute approximate surface area is 249 Å². The summed E-state index contributed by atoms with van der Waals surface area (Å²) < 4.78 is 88.9. The second-order valence-electron chi connectivity index (χ2n) is 11.0. The van der Waals surface area contributed by atoms with Gasteiger partial charge in [0.05, 0.1) is 23.9 Å². The summed E-state index contributed by atoms with van der Waals surface area (Å²) in [4.78, 5) is 11.3. The molecule has 0 aliphatic carbocycles. The van der Waals surface area contributed by atoms with E-state index >= 15 is 0 Å². The number of halogens is 6. The summed E-state index contributed by atoms with van der Waals surface area (Å²) in [5.41, 5.74) is -0.204. The van der Waals surface area contributed by atoms with Crippen LogP contribution in [-0.2, 0) is 31.9 Å². The van der Waals surface area contributed by atoms with E-state index in [2.05, 4.69) is 10.3 Å². The Morgan fingerprint density at radius 2 is 1.59 bits per heavy atom. The normalized spacial score (nSPS) is 18.1. The molecule has 1 saturated heterocycles. The van der Waals surface area contributed by atoms with Crippen LogP contribution in [0.15, 0.2) is 89.7 Å². The lowest BCUT2D eigenvalue weighted by Crippen LogP contribution is -2.47. The van der Waals surface area contributed by atoms with Crippen molar-refractivity contribution in [2.75, 3.05) is 11.9 Å². The van der Waals surface area contributed by atoms with Crippen molar-refractivity contribution in [3.8, 4) is 0 Å². The molecule has 12 heteroatoms. The highest BCUT2D eigenvalue weighted by Gasteiger charge is 2.38. The van der Waals surface area contributed by atoms with Crippen LogP contribution in [0.5, 0.6) is 0 Å². The van der Waals surface area contributed by atoms with Crippen LogP contribution < -0.4 is 5.32 Å². The minimum absolute atomic E-state index is 0.0251. The highest BCUT2D eigenvalue weighted by atomic mass is 19.4. The number of fused-ring (bicyclic) bond motifs is 1. The molecule has 1 fully saturated rings. The number of furan rings is 1. The fraction of sp³-hybridized carbons (Fsp3) is 0.312. The zero-order valence-corrected chi connectivity index (χ0v) is 23.4. The summed E-state index contributed by atoms with van der Waals surface area (Å²) in [6, 6.07) is 18.6. The molecule has 0 amide bonds. The first kappa shape index (κ1) is 29.7. The van der Waals surface area contributed by atoms with Gasteiger partial charge in [-0.05, 0) is 72.9 Å². The molecular weight excluding hydrogens is 584 g/mol. The number of imidazole rings is 1. The number of hydrogen-bond donors (Lipinski definition) is 1. The fourth-order valence-corrected chi connectivity index (χ4v) is 5.84. The summed E-state index contributed by atoms with van der Waals surface area (Å²) in [5.74, 6) is 1.34. The molecule has 0 radical (unpaired) electrons. The first-order valence-corrected chi connectivity index (χ1v) is 14.2. The van der Waals surface area contributed by atoms with Gasteiger partial charge in [0.15, 0.2) is 5.65 Å². The van der Waals surface area contributed by atoms with Gasteiger partial charge in [0.1, 0.15) is 11.3 Å². The lowest BCUT2D eigenvalue weighted by molar-refractivity contribution is -0.143. The van der Waals surface area contributed by atoms with E-state index in [-0.39, 0.29) is 30.3 Å². The Bertz CT molecular complexity index is 1670. The maximum Gasteiger partial charge on any atom is 0.416 e. The first-order valence-electron chi connectivity index (χ1n) is 14.2. The number of benzene rings is 2. The van der Waals surface area contributed by atoms with E-state index in [0.717, 1.165) is 23.5 Å².